The van der Waals surface area contributed by atoms with Crippen molar-refractivity contribution in [1.29, 1.82) is 0 Å². The molecule has 0 radical (unpaired) electrons. The standard InChI is InChI=1S/C17H26N2O3S/c1-13(2)17(20)19(16-9-10-23(21,22)12-16)11-14-5-7-15(8-6-14)18(3)4/h5-8,13,16H,9-12H2,1-4H3/t16-/m1/s1. The summed E-state index contributed by atoms with van der Waals surface area (Å²) in [5.74, 6) is 0.142. The maximum Gasteiger partial charge on any atom is 0.225 e. The van der Waals surface area contributed by atoms with Crippen LogP contribution in [0.2, 0.25) is 0 Å². The van der Waals surface area contributed by atoms with Crippen molar-refractivity contribution in [2.75, 3.05) is 30.5 Å². The largest absolute Gasteiger partial charge is 0.378 e. The van der Waals surface area contributed by atoms with E-state index in [0.717, 1.165) is 11.3 Å². The fraction of sp³-hybridized carbons (Fsp3) is 0.588. The Morgan fingerprint density at radius 2 is 1.83 bits per heavy atom. The highest BCUT2D eigenvalue weighted by molar-refractivity contribution is 7.91. The lowest BCUT2D eigenvalue weighted by molar-refractivity contribution is -0.137. The van der Waals surface area contributed by atoms with Gasteiger partial charge in [-0.05, 0) is 24.1 Å². The van der Waals surface area contributed by atoms with E-state index >= 15 is 0 Å². The van der Waals surface area contributed by atoms with Crippen LogP contribution in [0.4, 0.5) is 5.69 Å². The van der Waals surface area contributed by atoms with E-state index in [4.69, 9.17) is 0 Å². The van der Waals surface area contributed by atoms with Gasteiger partial charge in [0.15, 0.2) is 9.84 Å². The molecule has 0 saturated carbocycles. The molecule has 1 saturated heterocycles. The van der Waals surface area contributed by atoms with Gasteiger partial charge in [0.05, 0.1) is 11.5 Å². The fourth-order valence-corrected chi connectivity index (χ4v) is 4.57. The average molecular weight is 338 g/mol. The van der Waals surface area contributed by atoms with Gasteiger partial charge >= 0.3 is 0 Å². The van der Waals surface area contributed by atoms with Crippen LogP contribution in [-0.4, -0.2) is 50.9 Å². The molecule has 0 unspecified atom stereocenters. The molecule has 0 bridgehead atoms. The first kappa shape index (κ1) is 17.8. The predicted octanol–water partition coefficient (Wildman–Crippen LogP) is 1.92. The Morgan fingerprint density at radius 3 is 2.26 bits per heavy atom. The Bertz CT molecular complexity index is 651. The average Bonchev–Trinajstić information content (AvgIpc) is 2.84. The van der Waals surface area contributed by atoms with E-state index in [1.165, 1.54) is 0 Å². The number of amides is 1. The van der Waals surface area contributed by atoms with Crippen LogP contribution in [0.3, 0.4) is 0 Å². The van der Waals surface area contributed by atoms with Crippen LogP contribution in [0.25, 0.3) is 0 Å². The van der Waals surface area contributed by atoms with Crippen LogP contribution < -0.4 is 4.90 Å². The molecule has 1 fully saturated rings. The highest BCUT2D eigenvalue weighted by atomic mass is 32.2. The minimum atomic E-state index is -3.01. The smallest absolute Gasteiger partial charge is 0.225 e. The lowest BCUT2D eigenvalue weighted by Crippen LogP contribution is -2.42. The molecule has 1 aliphatic heterocycles. The van der Waals surface area contributed by atoms with Crippen molar-refractivity contribution in [2.45, 2.75) is 32.9 Å². The minimum absolute atomic E-state index is 0.0174. The first-order valence-electron chi connectivity index (χ1n) is 7.97. The predicted molar refractivity (Wildman–Crippen MR) is 93.2 cm³/mol. The molecule has 2 rings (SSSR count). The van der Waals surface area contributed by atoms with E-state index in [1.807, 2.05) is 57.1 Å². The first-order valence-corrected chi connectivity index (χ1v) is 9.79. The third-order valence-electron chi connectivity index (χ3n) is 4.23. The number of sulfone groups is 1. The molecule has 1 amide bonds. The summed E-state index contributed by atoms with van der Waals surface area (Å²) in [6, 6.07) is 7.82. The fourth-order valence-electron chi connectivity index (χ4n) is 2.84. The SMILES string of the molecule is CC(C)C(=O)N(Cc1ccc(N(C)C)cc1)[C@@H]1CCS(=O)(=O)C1. The lowest BCUT2D eigenvalue weighted by atomic mass is 10.1. The topological polar surface area (TPSA) is 57.7 Å². The van der Waals surface area contributed by atoms with E-state index < -0.39 is 9.84 Å². The van der Waals surface area contributed by atoms with Crippen LogP contribution in [-0.2, 0) is 21.2 Å². The van der Waals surface area contributed by atoms with Gasteiger partial charge in [-0.25, -0.2) is 8.42 Å². The summed E-state index contributed by atoms with van der Waals surface area (Å²) in [6.45, 7) is 4.17. The Balaban J connectivity index is 2.19. The Kier molecular flexibility index (Phi) is 5.34. The Labute approximate surface area is 139 Å². The van der Waals surface area contributed by atoms with Gasteiger partial charge in [-0.3, -0.25) is 4.79 Å². The lowest BCUT2D eigenvalue weighted by Gasteiger charge is -2.30. The van der Waals surface area contributed by atoms with E-state index in [2.05, 4.69) is 0 Å². The summed E-state index contributed by atoms with van der Waals surface area (Å²) in [5, 5.41) is 0. The first-order chi connectivity index (χ1) is 10.7. The molecule has 23 heavy (non-hydrogen) atoms. The third-order valence-corrected chi connectivity index (χ3v) is 5.98. The van der Waals surface area contributed by atoms with Gasteiger partial charge in [-0.1, -0.05) is 26.0 Å². The number of nitrogens with zero attached hydrogens (tertiary/aromatic N) is 2. The summed E-state index contributed by atoms with van der Waals surface area (Å²) in [6.07, 6.45) is 0.538. The van der Waals surface area contributed by atoms with E-state index in [1.54, 1.807) is 4.90 Å². The van der Waals surface area contributed by atoms with Crippen molar-refractivity contribution < 1.29 is 13.2 Å². The summed E-state index contributed by atoms with van der Waals surface area (Å²) >= 11 is 0. The van der Waals surface area contributed by atoms with Gasteiger partial charge in [0.1, 0.15) is 0 Å². The van der Waals surface area contributed by atoms with Gasteiger partial charge in [0.25, 0.3) is 0 Å². The van der Waals surface area contributed by atoms with Crippen LogP contribution in [0.15, 0.2) is 24.3 Å². The second-order valence-corrected chi connectivity index (χ2v) is 8.97. The van der Waals surface area contributed by atoms with E-state index in [-0.39, 0.29) is 29.4 Å². The molecule has 5 nitrogen and oxygen atoms in total. The minimum Gasteiger partial charge on any atom is -0.378 e. The van der Waals surface area contributed by atoms with E-state index in [0.29, 0.717) is 13.0 Å². The molecule has 1 atom stereocenters. The number of benzene rings is 1. The van der Waals surface area contributed by atoms with Crippen molar-refractivity contribution >= 4 is 21.4 Å². The van der Waals surface area contributed by atoms with Crippen molar-refractivity contribution in [3.8, 4) is 0 Å². The van der Waals surface area contributed by atoms with Crippen molar-refractivity contribution in [3.05, 3.63) is 29.8 Å². The van der Waals surface area contributed by atoms with Crippen molar-refractivity contribution in [2.24, 2.45) is 5.92 Å². The second kappa shape index (κ2) is 6.91. The third kappa shape index (κ3) is 4.47. The molecule has 0 aliphatic carbocycles. The number of hydrogen-bond acceptors (Lipinski definition) is 4. The molecule has 0 aromatic heterocycles. The van der Waals surface area contributed by atoms with Crippen LogP contribution in [0.1, 0.15) is 25.8 Å². The maximum atomic E-state index is 12.5. The van der Waals surface area contributed by atoms with Crippen LogP contribution in [0.5, 0.6) is 0 Å². The number of carbonyl (C=O) groups excluding carboxylic acids is 1. The molecule has 1 aliphatic rings. The quantitative estimate of drug-likeness (QED) is 0.823. The summed E-state index contributed by atoms with van der Waals surface area (Å²) < 4.78 is 23.5. The summed E-state index contributed by atoms with van der Waals surface area (Å²) in [5.41, 5.74) is 2.12. The highest BCUT2D eigenvalue weighted by Crippen LogP contribution is 2.23. The van der Waals surface area contributed by atoms with Crippen molar-refractivity contribution in [1.82, 2.24) is 4.90 Å². The van der Waals surface area contributed by atoms with Gasteiger partial charge in [0.2, 0.25) is 5.91 Å². The molecule has 128 valence electrons. The molecule has 0 spiro atoms. The summed E-state index contributed by atoms with van der Waals surface area (Å²) in [7, 11) is 0.948. The van der Waals surface area contributed by atoms with Gasteiger partial charge in [-0.15, -0.1) is 0 Å². The summed E-state index contributed by atoms with van der Waals surface area (Å²) in [4.78, 5) is 16.3. The maximum absolute atomic E-state index is 12.5. The van der Waals surface area contributed by atoms with Gasteiger partial charge < -0.3 is 9.80 Å². The van der Waals surface area contributed by atoms with Crippen molar-refractivity contribution in [3.63, 3.8) is 0 Å². The molecule has 6 heteroatoms. The zero-order valence-corrected chi connectivity index (χ0v) is 15.1. The molecule has 1 aromatic rings. The van der Waals surface area contributed by atoms with Crippen LogP contribution >= 0.6 is 0 Å². The zero-order chi connectivity index (χ0) is 17.2. The molecular weight excluding hydrogens is 312 g/mol. The number of hydrogen-bond donors (Lipinski definition) is 0. The zero-order valence-electron chi connectivity index (χ0n) is 14.3. The number of carbonyl (C=O) groups is 1. The highest BCUT2D eigenvalue weighted by Gasteiger charge is 2.35. The normalized spacial score (nSPS) is 19.8. The van der Waals surface area contributed by atoms with Crippen LogP contribution in [0, 0.1) is 5.92 Å². The molecule has 1 heterocycles. The Hall–Kier alpha value is -1.56. The Morgan fingerprint density at radius 1 is 1.22 bits per heavy atom. The number of anilines is 1. The molecular formula is C17H26N2O3S. The monoisotopic (exact) mass is 338 g/mol. The van der Waals surface area contributed by atoms with Gasteiger partial charge in [0, 0.05) is 38.3 Å². The molecule has 0 N–H and O–H groups in total. The van der Waals surface area contributed by atoms with Gasteiger partial charge in [-0.2, -0.15) is 0 Å². The molecule has 1 aromatic carbocycles. The van der Waals surface area contributed by atoms with E-state index in [9.17, 15) is 13.2 Å². The number of rotatable bonds is 5. The second-order valence-electron chi connectivity index (χ2n) is 6.74.